The summed E-state index contributed by atoms with van der Waals surface area (Å²) in [6.07, 6.45) is 1.49. The molecule has 5 nitrogen and oxygen atoms in total. The van der Waals surface area contributed by atoms with Crippen molar-refractivity contribution in [2.75, 3.05) is 4.90 Å². The minimum absolute atomic E-state index is 0.0569. The second-order valence-corrected chi connectivity index (χ2v) is 5.63. The smallest absolute Gasteiger partial charge is 0.273 e. The van der Waals surface area contributed by atoms with Gasteiger partial charge in [0.15, 0.2) is 0 Å². The highest BCUT2D eigenvalue weighted by Gasteiger charge is 2.36. The highest BCUT2D eigenvalue weighted by Crippen LogP contribution is 2.22. The van der Waals surface area contributed by atoms with E-state index < -0.39 is 17.8 Å². The number of anilines is 1. The zero-order valence-corrected chi connectivity index (χ0v) is 12.5. The maximum Gasteiger partial charge on any atom is 0.335 e. The maximum absolute atomic E-state index is 12.5. The summed E-state index contributed by atoms with van der Waals surface area (Å²) in [5.41, 5.74) is 2.14. The number of aryl methyl sites for hydroxylation is 1. The number of hydrogen-bond donors (Lipinski definition) is 1. The van der Waals surface area contributed by atoms with Gasteiger partial charge in [-0.25, -0.2) is 9.69 Å². The van der Waals surface area contributed by atoms with Gasteiger partial charge < -0.3 is 0 Å². The number of carbonyl (C=O) groups excluding carboxylic acids is 3. The highest BCUT2D eigenvalue weighted by atomic mass is 32.1. The molecule has 0 aliphatic carbocycles. The van der Waals surface area contributed by atoms with Crippen LogP contribution in [0.2, 0.25) is 0 Å². The maximum atomic E-state index is 12.5. The lowest BCUT2D eigenvalue weighted by Gasteiger charge is -2.26. The molecule has 2 heterocycles. The van der Waals surface area contributed by atoms with Gasteiger partial charge in [0.2, 0.25) is 0 Å². The summed E-state index contributed by atoms with van der Waals surface area (Å²) in [7, 11) is 0. The number of thiophene rings is 1. The molecule has 0 saturated carbocycles. The second kappa shape index (κ2) is 5.57. The van der Waals surface area contributed by atoms with Crippen molar-refractivity contribution >= 4 is 40.9 Å². The van der Waals surface area contributed by atoms with Crippen LogP contribution in [0.15, 0.2) is 46.7 Å². The molecule has 3 rings (SSSR count). The first kappa shape index (κ1) is 14.2. The van der Waals surface area contributed by atoms with Crippen LogP contribution in [0.25, 0.3) is 6.08 Å². The number of barbiturate groups is 1. The van der Waals surface area contributed by atoms with Gasteiger partial charge in [0.25, 0.3) is 11.8 Å². The Labute approximate surface area is 130 Å². The SMILES string of the molecule is Cc1ccc(N2C(=O)NC(=O)/C(=C\c3ccsc3)C2=O)cc1. The van der Waals surface area contributed by atoms with Crippen molar-refractivity contribution in [1.29, 1.82) is 0 Å². The summed E-state index contributed by atoms with van der Waals surface area (Å²) in [6, 6.07) is 8.00. The van der Waals surface area contributed by atoms with Crippen molar-refractivity contribution in [3.63, 3.8) is 0 Å². The van der Waals surface area contributed by atoms with E-state index >= 15 is 0 Å². The van der Waals surface area contributed by atoms with E-state index in [2.05, 4.69) is 5.32 Å². The van der Waals surface area contributed by atoms with Crippen molar-refractivity contribution in [3.8, 4) is 0 Å². The Morgan fingerprint density at radius 2 is 1.82 bits per heavy atom. The largest absolute Gasteiger partial charge is 0.335 e. The van der Waals surface area contributed by atoms with Crippen molar-refractivity contribution in [3.05, 3.63) is 57.8 Å². The van der Waals surface area contributed by atoms with Crippen LogP contribution in [0, 0.1) is 6.92 Å². The number of urea groups is 1. The molecule has 110 valence electrons. The van der Waals surface area contributed by atoms with Crippen LogP contribution in [0.5, 0.6) is 0 Å². The van der Waals surface area contributed by atoms with Crippen molar-refractivity contribution in [2.24, 2.45) is 0 Å². The molecule has 4 amide bonds. The number of nitrogens with zero attached hydrogens (tertiary/aromatic N) is 1. The van der Waals surface area contributed by atoms with Crippen LogP contribution in [-0.2, 0) is 9.59 Å². The van der Waals surface area contributed by atoms with Crippen LogP contribution in [0.1, 0.15) is 11.1 Å². The molecule has 0 radical (unpaired) electrons. The number of rotatable bonds is 2. The zero-order valence-electron chi connectivity index (χ0n) is 11.7. The lowest BCUT2D eigenvalue weighted by atomic mass is 10.1. The van der Waals surface area contributed by atoms with Crippen molar-refractivity contribution in [1.82, 2.24) is 5.32 Å². The Morgan fingerprint density at radius 1 is 1.09 bits per heavy atom. The molecule has 1 aliphatic heterocycles. The predicted octanol–water partition coefficient (Wildman–Crippen LogP) is 2.72. The quantitative estimate of drug-likeness (QED) is 0.685. The van der Waals surface area contributed by atoms with Crippen LogP contribution in [0.3, 0.4) is 0 Å². The number of carbonyl (C=O) groups is 3. The molecule has 1 N–H and O–H groups in total. The van der Waals surface area contributed by atoms with Gasteiger partial charge >= 0.3 is 6.03 Å². The van der Waals surface area contributed by atoms with E-state index in [0.717, 1.165) is 16.0 Å². The van der Waals surface area contributed by atoms with E-state index in [0.29, 0.717) is 5.69 Å². The summed E-state index contributed by atoms with van der Waals surface area (Å²) >= 11 is 1.46. The Balaban J connectivity index is 2.01. The number of nitrogens with one attached hydrogen (secondary N) is 1. The Kier molecular flexibility index (Phi) is 3.60. The number of benzene rings is 1. The molecule has 22 heavy (non-hydrogen) atoms. The fourth-order valence-corrected chi connectivity index (χ4v) is 2.73. The molecule has 1 saturated heterocycles. The lowest BCUT2D eigenvalue weighted by molar-refractivity contribution is -0.122. The number of imide groups is 2. The van der Waals surface area contributed by atoms with Gasteiger partial charge in [0.1, 0.15) is 5.57 Å². The van der Waals surface area contributed by atoms with Gasteiger partial charge in [-0.3, -0.25) is 14.9 Å². The van der Waals surface area contributed by atoms with Gasteiger partial charge in [0.05, 0.1) is 5.69 Å². The van der Waals surface area contributed by atoms with Crippen molar-refractivity contribution in [2.45, 2.75) is 6.92 Å². The Hall–Kier alpha value is -2.73. The minimum atomic E-state index is -0.735. The fourth-order valence-electron chi connectivity index (χ4n) is 2.11. The molecule has 1 aromatic carbocycles. The van der Waals surface area contributed by atoms with Gasteiger partial charge in [-0.15, -0.1) is 0 Å². The fraction of sp³-hybridized carbons (Fsp3) is 0.0625. The average molecular weight is 312 g/mol. The van der Waals surface area contributed by atoms with Crippen LogP contribution < -0.4 is 10.2 Å². The first-order chi connectivity index (χ1) is 10.6. The van der Waals surface area contributed by atoms with E-state index in [-0.39, 0.29) is 5.57 Å². The molecule has 1 aliphatic rings. The zero-order chi connectivity index (χ0) is 15.7. The molecule has 6 heteroatoms. The third-order valence-electron chi connectivity index (χ3n) is 3.25. The predicted molar refractivity (Wildman–Crippen MR) is 84.5 cm³/mol. The molecular formula is C16H12N2O3S. The highest BCUT2D eigenvalue weighted by molar-refractivity contribution is 7.08. The van der Waals surface area contributed by atoms with E-state index in [1.54, 1.807) is 30.3 Å². The van der Waals surface area contributed by atoms with Crippen molar-refractivity contribution < 1.29 is 14.4 Å². The van der Waals surface area contributed by atoms with Gasteiger partial charge in [0, 0.05) is 0 Å². The Morgan fingerprint density at radius 3 is 2.45 bits per heavy atom. The summed E-state index contributed by atoms with van der Waals surface area (Å²) in [4.78, 5) is 37.4. The molecule has 0 unspecified atom stereocenters. The number of amides is 4. The second-order valence-electron chi connectivity index (χ2n) is 4.85. The van der Waals surface area contributed by atoms with Gasteiger partial charge in [-0.2, -0.15) is 11.3 Å². The first-order valence-electron chi connectivity index (χ1n) is 6.56. The van der Waals surface area contributed by atoms with E-state index in [4.69, 9.17) is 0 Å². The number of hydrogen-bond acceptors (Lipinski definition) is 4. The third kappa shape index (κ3) is 2.56. The van der Waals surface area contributed by atoms with E-state index in [1.165, 1.54) is 17.4 Å². The average Bonchev–Trinajstić information content (AvgIpc) is 2.98. The van der Waals surface area contributed by atoms with E-state index in [1.807, 2.05) is 17.7 Å². The lowest BCUT2D eigenvalue weighted by Crippen LogP contribution is -2.54. The molecule has 0 spiro atoms. The summed E-state index contributed by atoms with van der Waals surface area (Å²) in [6.45, 7) is 1.91. The Bertz CT molecular complexity index is 776. The topological polar surface area (TPSA) is 66.5 Å². The summed E-state index contributed by atoms with van der Waals surface area (Å²) < 4.78 is 0. The standard InChI is InChI=1S/C16H12N2O3S/c1-10-2-4-12(5-3-10)18-15(20)13(14(19)17-16(18)21)8-11-6-7-22-9-11/h2-9H,1H3,(H,17,19,21)/b13-8+. The summed E-state index contributed by atoms with van der Waals surface area (Å²) in [5.74, 6) is -1.30. The monoisotopic (exact) mass is 312 g/mol. The molecule has 0 bridgehead atoms. The van der Waals surface area contributed by atoms with E-state index in [9.17, 15) is 14.4 Å². The van der Waals surface area contributed by atoms with Gasteiger partial charge in [-0.1, -0.05) is 17.7 Å². The van der Waals surface area contributed by atoms with Gasteiger partial charge in [-0.05, 0) is 47.5 Å². The normalized spacial score (nSPS) is 17.0. The molecule has 0 atom stereocenters. The molecule has 1 fully saturated rings. The third-order valence-corrected chi connectivity index (χ3v) is 3.95. The minimum Gasteiger partial charge on any atom is -0.273 e. The molecular weight excluding hydrogens is 300 g/mol. The van der Waals surface area contributed by atoms with Crippen LogP contribution in [0.4, 0.5) is 10.5 Å². The van der Waals surface area contributed by atoms with Crippen LogP contribution in [-0.4, -0.2) is 17.8 Å². The van der Waals surface area contributed by atoms with Crippen LogP contribution >= 0.6 is 11.3 Å². The summed E-state index contributed by atoms with van der Waals surface area (Å²) in [5, 5.41) is 5.87. The first-order valence-corrected chi connectivity index (χ1v) is 7.51. The molecule has 2 aromatic rings. The molecule has 1 aromatic heterocycles.